The molecule has 11 unspecified atom stereocenters. The number of carbonyl (C=O) groups excluding carboxylic acids is 1. The van der Waals surface area contributed by atoms with Gasteiger partial charge in [0.15, 0.2) is 0 Å². The zero-order valence-corrected chi connectivity index (χ0v) is 61.2. The minimum atomic E-state index is -1.13. The van der Waals surface area contributed by atoms with Crippen LogP contribution in [0.25, 0.3) is 0 Å². The third kappa shape index (κ3) is 24.1. The Morgan fingerprint density at radius 2 is 0.883 bits per heavy atom. The first-order chi connectivity index (χ1) is 44.2. The van der Waals surface area contributed by atoms with Crippen molar-refractivity contribution >= 4 is 62.8 Å². The first-order valence-electron chi connectivity index (χ1n) is 35.4. The highest BCUT2D eigenvalue weighted by molar-refractivity contribution is 6.54. The summed E-state index contributed by atoms with van der Waals surface area (Å²) in [5, 5.41) is 36.8. The molecule has 1 aromatic carbocycles. The number of ether oxygens (including phenoxy) is 1. The van der Waals surface area contributed by atoms with Crippen molar-refractivity contribution in [2.75, 3.05) is 33.0 Å². The number of aliphatic hydroxyl groups excluding tert-OH is 4. The Bertz CT molecular complexity index is 2230. The fourth-order valence-electron chi connectivity index (χ4n) is 11.9. The van der Waals surface area contributed by atoms with Gasteiger partial charge in [0.1, 0.15) is 23.7 Å². The molecule has 30 heteroatoms. The van der Waals surface area contributed by atoms with Gasteiger partial charge >= 0.3 is 49.8 Å². The average Bonchev–Trinajstić information content (AvgIpc) is 1.65. The van der Waals surface area contributed by atoms with Gasteiger partial charge in [-0.15, -0.1) is 0 Å². The third-order valence-corrected chi connectivity index (χ3v) is 18.4. The van der Waals surface area contributed by atoms with Gasteiger partial charge in [-0.05, 0) is 139 Å². The summed E-state index contributed by atoms with van der Waals surface area (Å²) in [6.45, 7) is 47.6. The van der Waals surface area contributed by atoms with Crippen molar-refractivity contribution < 1.29 is 99.8 Å². The van der Waals surface area contributed by atoms with Crippen LogP contribution in [0.15, 0.2) is 29.3 Å². The highest BCUT2D eigenvalue weighted by Gasteiger charge is 2.58. The maximum absolute atomic E-state index is 10.1. The van der Waals surface area contributed by atoms with Crippen molar-refractivity contribution in [1.82, 2.24) is 0 Å². The molecule has 1 aromatic rings. The van der Waals surface area contributed by atoms with Gasteiger partial charge in [0.05, 0.1) is 105 Å². The van der Waals surface area contributed by atoms with Crippen molar-refractivity contribution in [2.45, 2.75) is 334 Å². The Morgan fingerprint density at radius 1 is 0.479 bits per heavy atom. The summed E-state index contributed by atoms with van der Waals surface area (Å²) < 4.78 is 89.4. The Kier molecular flexibility index (Phi) is 34.5. The maximum atomic E-state index is 10.1. The van der Waals surface area contributed by atoms with Crippen molar-refractivity contribution in [3.63, 3.8) is 0 Å². The molecule has 10 fully saturated rings. The van der Waals surface area contributed by atoms with Gasteiger partial charge in [0.2, 0.25) is 6.08 Å². The summed E-state index contributed by atoms with van der Waals surface area (Å²) >= 11 is 0. The van der Waals surface area contributed by atoms with Crippen LogP contribution in [-0.4, -0.2) is 207 Å². The van der Waals surface area contributed by atoms with E-state index in [1.54, 1.807) is 6.08 Å². The van der Waals surface area contributed by atoms with Gasteiger partial charge in [-0.25, -0.2) is 9.79 Å². The molecule has 22 nitrogen and oxygen atoms in total. The monoisotopic (exact) mass is 1330 g/mol. The molecule has 530 valence electrons. The summed E-state index contributed by atoms with van der Waals surface area (Å²) in [4.78, 5) is 13.7. The number of fused-ring (bicyclic) bond motifs is 7. The lowest BCUT2D eigenvalue weighted by Crippen LogP contribution is -2.45. The molecule has 0 spiro atoms. The molecule has 10 heterocycles. The molecule has 12 rings (SSSR count). The van der Waals surface area contributed by atoms with Crippen molar-refractivity contribution in [1.29, 1.82) is 0 Å². The minimum Gasteiger partial charge on any atom is -0.523 e. The molecule has 4 N–H and O–H groups in total. The molecule has 0 amide bonds. The molecule has 2 bridgehead atoms. The minimum absolute atomic E-state index is 0.00185. The van der Waals surface area contributed by atoms with Gasteiger partial charge in [0.25, 0.3) is 6.92 Å². The fourth-order valence-corrected chi connectivity index (χ4v) is 11.9. The Morgan fingerprint density at radius 3 is 1.22 bits per heavy atom. The van der Waals surface area contributed by atoms with E-state index in [9.17, 15) is 15.0 Å². The maximum Gasteiger partial charge on any atom is 0.597 e. The number of hydrogen-bond acceptors (Lipinski definition) is 22. The predicted molar refractivity (Wildman–Crippen MR) is 372 cm³/mol. The van der Waals surface area contributed by atoms with Gasteiger partial charge < -0.3 is 95.0 Å². The van der Waals surface area contributed by atoms with Gasteiger partial charge in [-0.3, -0.25) is 0 Å². The third-order valence-electron chi connectivity index (χ3n) is 18.4. The van der Waals surface area contributed by atoms with Crippen LogP contribution in [0.3, 0.4) is 0 Å². The Hall–Kier alpha value is -2.00. The van der Waals surface area contributed by atoms with Crippen LogP contribution < -0.4 is 9.31 Å². The van der Waals surface area contributed by atoms with Crippen molar-refractivity contribution in [3.05, 3.63) is 24.3 Å². The van der Waals surface area contributed by atoms with E-state index in [1.807, 2.05) is 65.8 Å². The van der Waals surface area contributed by atoms with Crippen LogP contribution in [0, 0.1) is 0 Å². The Balaban J connectivity index is 0.000000196. The number of hydrogen-bond donors (Lipinski definition) is 4. The largest absolute Gasteiger partial charge is 0.597 e. The lowest BCUT2D eigenvalue weighted by Gasteiger charge is -2.32. The molecule has 0 radical (unpaired) electrons. The summed E-state index contributed by atoms with van der Waals surface area (Å²) in [6, 6.07) is 7.57. The van der Waals surface area contributed by atoms with Crippen LogP contribution >= 0.6 is 0 Å². The number of aliphatic hydroxyl groups is 4. The van der Waals surface area contributed by atoms with E-state index in [2.05, 4.69) is 116 Å². The van der Waals surface area contributed by atoms with Crippen LogP contribution in [0.5, 0.6) is 11.5 Å². The van der Waals surface area contributed by atoms with E-state index in [4.69, 9.17) is 84.8 Å². The van der Waals surface area contributed by atoms with Crippen LogP contribution in [-0.2, 0) is 70.0 Å². The van der Waals surface area contributed by atoms with Crippen LogP contribution in [0.2, 0.25) is 52.9 Å². The van der Waals surface area contributed by atoms with E-state index in [-0.39, 0.29) is 90.2 Å². The molecular formula is C64H119B8NO21. The molecule has 94 heavy (non-hydrogen) atoms. The van der Waals surface area contributed by atoms with E-state index >= 15 is 0 Å². The molecule has 9 saturated heterocycles. The number of isocyanates is 1. The van der Waals surface area contributed by atoms with Crippen molar-refractivity contribution in [2.24, 2.45) is 4.99 Å². The van der Waals surface area contributed by atoms with E-state index < -0.39 is 44.7 Å². The fraction of sp³-hybridized carbons (Fsp3) is 0.891. The van der Waals surface area contributed by atoms with Crippen LogP contribution in [0.1, 0.15) is 191 Å². The summed E-state index contributed by atoms with van der Waals surface area (Å²) in [6.07, 6.45) is 7.96. The van der Waals surface area contributed by atoms with Crippen LogP contribution in [0.4, 0.5) is 0 Å². The second-order valence-corrected chi connectivity index (χ2v) is 30.1. The smallest absolute Gasteiger partial charge is 0.523 e. The second kappa shape index (κ2) is 39.3. The van der Waals surface area contributed by atoms with E-state index in [0.717, 1.165) is 50.0 Å². The summed E-state index contributed by atoms with van der Waals surface area (Å²) in [5.74, 6) is 5.07. The topological polar surface area (TPSA) is 258 Å². The second-order valence-electron chi connectivity index (χ2n) is 30.1. The average molecular weight is 1330 g/mol. The standard InChI is InChI=1S/C9H16BNO3.C9H19BO6.C9H15BO3.C9H11BO2.C9H19BO2.C8H15BO2.C6H13BO.C5H11BO2/c1-6(2)10-13-8(4)9(14-10)7(3)11-5-12;1-5(2)10-15-8(6(13)3-11)9(16-10)7(14)4-12;1-5(2)10-12-8-6-3-4-7(11-6)9(8)13-10;1-7(2)10-11-8-5-3-4-6-9(8)12-10;1-7(2)10-11-8(3,4)9(5,6)12-10;1-6(2)9-10-7-4-3-5-8(7)11-9;1-6(2)7-4-3-5-8-7;1-5(2)6-7-3-4-8-6/h6-9H,1-4H3;5-9,11-14H,3-4H2,1-2H3;5-9H,3-4H2,1-2H3;3-7H,1-2H3;7H,1-6H3;6-8H,3-5H2,1-2H3;6H,3-5H2,1-2H3;5H,3-4H2,1-2H3/t7?,8-,9-;;;;;;;/m0......./s1. The zero-order chi connectivity index (χ0) is 69.9. The summed E-state index contributed by atoms with van der Waals surface area (Å²) in [7, 11) is -0.739. The highest BCUT2D eigenvalue weighted by Crippen LogP contribution is 2.44. The quantitative estimate of drug-likeness (QED) is 0.0767. The molecule has 13 atom stereocenters. The lowest BCUT2D eigenvalue weighted by molar-refractivity contribution is -0.0640. The Labute approximate surface area is 568 Å². The molecule has 0 aromatic heterocycles. The molecule has 11 aliphatic rings. The molecule has 10 aliphatic heterocycles. The first kappa shape index (κ1) is 82.7. The van der Waals surface area contributed by atoms with E-state index in [0.29, 0.717) is 66.2 Å². The predicted octanol–water partition coefficient (Wildman–Crippen LogP) is 10.5. The van der Waals surface area contributed by atoms with Crippen molar-refractivity contribution in [3.8, 4) is 11.5 Å². The number of para-hydroxylation sites is 2. The number of benzene rings is 1. The van der Waals surface area contributed by atoms with Gasteiger partial charge in [0, 0.05) is 12.4 Å². The van der Waals surface area contributed by atoms with Gasteiger partial charge in [-0.2, -0.15) is 0 Å². The lowest BCUT2D eigenvalue weighted by atomic mass is 9.56. The highest BCUT2D eigenvalue weighted by atomic mass is 16.7. The number of rotatable bonds is 14. The number of aliphatic imine (C=N–C) groups is 1. The normalized spacial score (nSPS) is 29.0. The molecular weight excluding hydrogens is 1210 g/mol. The molecule has 1 aliphatic carbocycles. The SMILES string of the molecule is CC(C)B1CCCO1.CC(C)B1OC(C(O)CO)C(C(O)CO)O1.CC(C)B1OC(C)(C)C(C)(C)O1.CC(C)B1OC2C3CCC(O3)C2O1.CC(C)B1OC2CCCC2O1.CC(C)B1OCCO1.CC(C)B1O[C@@H](C)[C@H](C(C)N=C=O)O1.CC(C)B1Oc2ccccc2O1. The summed E-state index contributed by atoms with van der Waals surface area (Å²) in [5.41, 5.74) is -0.357. The molecule has 1 saturated carbocycles. The number of nitrogens with zero attached hydrogens (tertiary/aromatic N) is 1. The zero-order valence-electron chi connectivity index (χ0n) is 61.2. The van der Waals surface area contributed by atoms with E-state index in [1.165, 1.54) is 32.0 Å². The first-order valence-corrected chi connectivity index (χ1v) is 35.4. The van der Waals surface area contributed by atoms with Gasteiger partial charge in [-0.1, -0.05) is 123 Å².